The SMILES string of the molecule is CCCN1CCC(NCCc2ccccc2[N+](=O)[O-])CC1. The first kappa shape index (κ1) is 15.9. The first-order chi connectivity index (χ1) is 10.2. The molecule has 5 nitrogen and oxygen atoms in total. The first-order valence-electron chi connectivity index (χ1n) is 7.88. The van der Waals surface area contributed by atoms with Crippen LogP contribution in [0.5, 0.6) is 0 Å². The molecule has 1 heterocycles. The summed E-state index contributed by atoms with van der Waals surface area (Å²) in [6.07, 6.45) is 4.29. The third-order valence-electron chi connectivity index (χ3n) is 4.14. The summed E-state index contributed by atoms with van der Waals surface area (Å²) in [5, 5.41) is 14.5. The second kappa shape index (κ2) is 8.10. The van der Waals surface area contributed by atoms with Crippen LogP contribution in [0.3, 0.4) is 0 Å². The van der Waals surface area contributed by atoms with Gasteiger partial charge in [0.05, 0.1) is 4.92 Å². The molecule has 0 saturated carbocycles. The standard InChI is InChI=1S/C16H25N3O2/c1-2-11-18-12-8-15(9-13-18)17-10-7-14-5-3-4-6-16(14)19(20)21/h3-6,15,17H,2,7-13H2,1H3. The molecule has 0 aromatic heterocycles. The molecule has 0 aliphatic carbocycles. The van der Waals surface area contributed by atoms with Crippen LogP contribution < -0.4 is 5.32 Å². The summed E-state index contributed by atoms with van der Waals surface area (Å²) in [6, 6.07) is 7.58. The lowest BCUT2D eigenvalue weighted by Crippen LogP contribution is -2.43. The molecule has 1 aromatic carbocycles. The van der Waals surface area contributed by atoms with E-state index in [1.165, 1.54) is 25.8 Å². The molecule has 1 saturated heterocycles. The molecule has 0 amide bonds. The van der Waals surface area contributed by atoms with Crippen molar-refractivity contribution < 1.29 is 4.92 Å². The van der Waals surface area contributed by atoms with Crippen LogP contribution in [0, 0.1) is 10.1 Å². The van der Waals surface area contributed by atoms with Gasteiger partial charge in [-0.05, 0) is 51.9 Å². The lowest BCUT2D eigenvalue weighted by atomic mass is 10.0. The van der Waals surface area contributed by atoms with Crippen molar-refractivity contribution in [1.29, 1.82) is 0 Å². The molecular weight excluding hydrogens is 266 g/mol. The van der Waals surface area contributed by atoms with Crippen molar-refractivity contribution >= 4 is 5.69 Å². The van der Waals surface area contributed by atoms with Gasteiger partial charge in [-0.1, -0.05) is 25.1 Å². The summed E-state index contributed by atoms with van der Waals surface area (Å²) in [5.74, 6) is 0. The van der Waals surface area contributed by atoms with Gasteiger partial charge in [-0.25, -0.2) is 0 Å². The number of nitro groups is 1. The van der Waals surface area contributed by atoms with Gasteiger partial charge in [-0.2, -0.15) is 0 Å². The van der Waals surface area contributed by atoms with E-state index in [4.69, 9.17) is 0 Å². The van der Waals surface area contributed by atoms with E-state index in [0.717, 1.165) is 25.2 Å². The third kappa shape index (κ3) is 4.79. The maximum absolute atomic E-state index is 11.0. The van der Waals surface area contributed by atoms with Gasteiger partial charge in [0.25, 0.3) is 5.69 Å². The highest BCUT2D eigenvalue weighted by molar-refractivity contribution is 5.39. The molecule has 0 atom stereocenters. The summed E-state index contributed by atoms with van der Waals surface area (Å²) in [5.41, 5.74) is 1.05. The smallest absolute Gasteiger partial charge is 0.272 e. The third-order valence-corrected chi connectivity index (χ3v) is 4.14. The van der Waals surface area contributed by atoms with Gasteiger partial charge >= 0.3 is 0 Å². The average Bonchev–Trinajstić information content (AvgIpc) is 2.50. The monoisotopic (exact) mass is 291 g/mol. The molecule has 116 valence electrons. The Hall–Kier alpha value is -1.46. The molecule has 1 aromatic rings. The fraction of sp³-hybridized carbons (Fsp3) is 0.625. The average molecular weight is 291 g/mol. The number of hydrogen-bond acceptors (Lipinski definition) is 4. The molecule has 5 heteroatoms. The Bertz CT molecular complexity index is 457. The van der Waals surface area contributed by atoms with E-state index in [1.54, 1.807) is 12.1 Å². The number of benzene rings is 1. The number of nitrogens with one attached hydrogen (secondary N) is 1. The van der Waals surface area contributed by atoms with Crippen LogP contribution in [-0.2, 0) is 6.42 Å². The Morgan fingerprint density at radius 3 is 2.71 bits per heavy atom. The maximum atomic E-state index is 11.0. The van der Waals surface area contributed by atoms with Gasteiger partial charge in [0, 0.05) is 17.7 Å². The number of nitrogens with zero attached hydrogens (tertiary/aromatic N) is 2. The fourth-order valence-electron chi connectivity index (χ4n) is 2.99. The van der Waals surface area contributed by atoms with Gasteiger partial charge in [0.15, 0.2) is 0 Å². The molecule has 1 N–H and O–H groups in total. The number of nitro benzene ring substituents is 1. The highest BCUT2D eigenvalue weighted by atomic mass is 16.6. The van der Waals surface area contributed by atoms with Crippen molar-refractivity contribution in [2.75, 3.05) is 26.2 Å². The fourth-order valence-corrected chi connectivity index (χ4v) is 2.99. The molecule has 0 radical (unpaired) electrons. The lowest BCUT2D eigenvalue weighted by molar-refractivity contribution is -0.385. The predicted molar refractivity (Wildman–Crippen MR) is 84.6 cm³/mol. The maximum Gasteiger partial charge on any atom is 0.272 e. The van der Waals surface area contributed by atoms with Gasteiger partial charge in [0.1, 0.15) is 0 Å². The molecule has 1 aliphatic rings. The summed E-state index contributed by atoms with van der Waals surface area (Å²) in [7, 11) is 0. The van der Waals surface area contributed by atoms with E-state index in [2.05, 4.69) is 17.1 Å². The Balaban J connectivity index is 1.74. The van der Waals surface area contributed by atoms with Gasteiger partial charge in [0.2, 0.25) is 0 Å². The van der Waals surface area contributed by atoms with Crippen molar-refractivity contribution in [3.8, 4) is 0 Å². The van der Waals surface area contributed by atoms with Gasteiger partial charge in [-0.3, -0.25) is 10.1 Å². The van der Waals surface area contributed by atoms with Crippen molar-refractivity contribution in [2.45, 2.75) is 38.6 Å². The van der Waals surface area contributed by atoms with E-state index in [0.29, 0.717) is 12.5 Å². The van der Waals surface area contributed by atoms with Crippen LogP contribution in [-0.4, -0.2) is 42.0 Å². The Kier molecular flexibility index (Phi) is 6.14. The molecule has 1 fully saturated rings. The van der Waals surface area contributed by atoms with E-state index >= 15 is 0 Å². The zero-order valence-corrected chi connectivity index (χ0v) is 12.8. The zero-order chi connectivity index (χ0) is 15.1. The second-order valence-corrected chi connectivity index (χ2v) is 5.71. The Morgan fingerprint density at radius 2 is 2.05 bits per heavy atom. The van der Waals surface area contributed by atoms with Crippen LogP contribution >= 0.6 is 0 Å². The van der Waals surface area contributed by atoms with Gasteiger partial charge < -0.3 is 10.2 Å². The summed E-state index contributed by atoms with van der Waals surface area (Å²) >= 11 is 0. The van der Waals surface area contributed by atoms with E-state index in [-0.39, 0.29) is 10.6 Å². The predicted octanol–water partition coefficient (Wildman–Crippen LogP) is 2.60. The van der Waals surface area contributed by atoms with Gasteiger partial charge in [-0.15, -0.1) is 0 Å². The number of likely N-dealkylation sites (tertiary alicyclic amines) is 1. The highest BCUT2D eigenvalue weighted by Crippen LogP contribution is 2.18. The summed E-state index contributed by atoms with van der Waals surface area (Å²) in [6.45, 7) is 6.55. The second-order valence-electron chi connectivity index (χ2n) is 5.71. The highest BCUT2D eigenvalue weighted by Gasteiger charge is 2.18. The van der Waals surface area contributed by atoms with E-state index in [1.807, 2.05) is 12.1 Å². The van der Waals surface area contributed by atoms with Crippen LogP contribution in [0.15, 0.2) is 24.3 Å². The van der Waals surface area contributed by atoms with Crippen LogP contribution in [0.4, 0.5) is 5.69 Å². The van der Waals surface area contributed by atoms with Crippen molar-refractivity contribution in [2.24, 2.45) is 0 Å². The molecular formula is C16H25N3O2. The van der Waals surface area contributed by atoms with E-state index in [9.17, 15) is 10.1 Å². The topological polar surface area (TPSA) is 58.4 Å². The molecule has 21 heavy (non-hydrogen) atoms. The Morgan fingerprint density at radius 1 is 1.33 bits per heavy atom. The number of para-hydroxylation sites is 1. The van der Waals surface area contributed by atoms with Crippen LogP contribution in [0.1, 0.15) is 31.7 Å². The zero-order valence-electron chi connectivity index (χ0n) is 12.8. The largest absolute Gasteiger partial charge is 0.314 e. The first-order valence-corrected chi connectivity index (χ1v) is 7.88. The molecule has 0 bridgehead atoms. The van der Waals surface area contributed by atoms with Crippen molar-refractivity contribution in [3.05, 3.63) is 39.9 Å². The minimum absolute atomic E-state index is 0.233. The molecule has 0 spiro atoms. The summed E-state index contributed by atoms with van der Waals surface area (Å²) in [4.78, 5) is 13.2. The van der Waals surface area contributed by atoms with Crippen LogP contribution in [0.2, 0.25) is 0 Å². The normalized spacial score (nSPS) is 17.0. The molecule has 2 rings (SSSR count). The quantitative estimate of drug-likeness (QED) is 0.619. The number of piperidine rings is 1. The minimum Gasteiger partial charge on any atom is -0.314 e. The molecule has 1 aliphatic heterocycles. The van der Waals surface area contributed by atoms with Crippen molar-refractivity contribution in [1.82, 2.24) is 10.2 Å². The number of hydrogen-bond donors (Lipinski definition) is 1. The molecule has 0 unspecified atom stereocenters. The Labute approximate surface area is 126 Å². The lowest BCUT2D eigenvalue weighted by Gasteiger charge is -2.32. The summed E-state index contributed by atoms with van der Waals surface area (Å²) < 4.78 is 0. The van der Waals surface area contributed by atoms with Crippen molar-refractivity contribution in [3.63, 3.8) is 0 Å². The van der Waals surface area contributed by atoms with Crippen LogP contribution in [0.25, 0.3) is 0 Å². The minimum atomic E-state index is -0.293. The number of rotatable bonds is 7. The van der Waals surface area contributed by atoms with E-state index < -0.39 is 0 Å².